The Bertz CT molecular complexity index is 491. The highest BCUT2D eigenvalue weighted by Gasteiger charge is 2.31. The summed E-state index contributed by atoms with van der Waals surface area (Å²) in [5, 5.41) is 25.4. The van der Waals surface area contributed by atoms with Gasteiger partial charge >= 0.3 is 18.0 Å². The zero-order valence-corrected chi connectivity index (χ0v) is 18.3. The Balaban J connectivity index is 0.000000457. The van der Waals surface area contributed by atoms with Gasteiger partial charge in [0, 0.05) is 6.54 Å². The third kappa shape index (κ3) is 15.0. The monoisotopic (exact) mass is 436 g/mol. The molecule has 0 saturated carbocycles. The molecule has 1 atom stereocenters. The normalized spacial score (nSPS) is 18.6. The number of rotatable bonds is 5. The predicted molar refractivity (Wildman–Crippen MR) is 107 cm³/mol. The average molecular weight is 437 g/mol. The van der Waals surface area contributed by atoms with Gasteiger partial charge in [-0.2, -0.15) is 0 Å². The first-order valence-electron chi connectivity index (χ1n) is 9.84. The molecule has 2 aliphatic heterocycles. The van der Waals surface area contributed by atoms with Crippen LogP contribution in [-0.4, -0.2) is 115 Å². The number of likely N-dealkylation sites (N-methyl/N-ethyl adjacent to an activating group) is 1. The van der Waals surface area contributed by atoms with E-state index in [-0.39, 0.29) is 31.8 Å². The Morgan fingerprint density at radius 3 is 1.83 bits per heavy atom. The number of likely N-dealkylation sites (tertiary alicyclic amines) is 1. The van der Waals surface area contributed by atoms with E-state index in [9.17, 15) is 14.4 Å². The molecule has 1 amide bonds. The number of hydrogen-bond acceptors (Lipinski definition) is 8. The van der Waals surface area contributed by atoms with Crippen molar-refractivity contribution in [1.29, 1.82) is 0 Å². The van der Waals surface area contributed by atoms with Gasteiger partial charge in [0.15, 0.2) is 0 Å². The minimum atomic E-state index is -1.02. The highest BCUT2D eigenvalue weighted by Crippen LogP contribution is 2.20. The third-order valence-electron chi connectivity index (χ3n) is 3.77. The van der Waals surface area contributed by atoms with Gasteiger partial charge in [-0.3, -0.25) is 14.5 Å². The number of carbonyl (C=O) groups excluding carboxylic acids is 1. The number of carboxylic acid groups (broad SMARTS) is 2. The first-order valence-corrected chi connectivity index (χ1v) is 9.84. The lowest BCUT2D eigenvalue weighted by atomic mass is 10.2. The van der Waals surface area contributed by atoms with Crippen molar-refractivity contribution in [3.8, 4) is 0 Å². The number of ether oxygens (including phenoxy) is 3. The first kappa shape index (κ1) is 28.1. The summed E-state index contributed by atoms with van der Waals surface area (Å²) in [5.74, 6) is -2.05. The molecule has 0 spiro atoms. The topological polar surface area (TPSA) is 146 Å². The van der Waals surface area contributed by atoms with Crippen molar-refractivity contribution in [2.24, 2.45) is 0 Å². The summed E-state index contributed by atoms with van der Waals surface area (Å²) in [7, 11) is 1.43. The van der Waals surface area contributed by atoms with E-state index >= 15 is 0 Å². The van der Waals surface area contributed by atoms with Gasteiger partial charge in [-0.25, -0.2) is 4.79 Å². The zero-order chi connectivity index (χ0) is 23.2. The maximum Gasteiger partial charge on any atom is 0.410 e. The molecule has 0 aromatic carbocycles. The summed E-state index contributed by atoms with van der Waals surface area (Å²) in [6, 6.07) is -0.0511. The van der Waals surface area contributed by atoms with Gasteiger partial charge in [0.05, 0.1) is 52.2 Å². The van der Waals surface area contributed by atoms with Gasteiger partial charge in [-0.1, -0.05) is 0 Å². The Morgan fingerprint density at radius 1 is 1.03 bits per heavy atom. The second-order valence-corrected chi connectivity index (χ2v) is 7.84. The van der Waals surface area contributed by atoms with Crippen molar-refractivity contribution in [3.63, 3.8) is 0 Å². The van der Waals surface area contributed by atoms with Gasteiger partial charge < -0.3 is 34.4 Å². The first-order chi connectivity index (χ1) is 14.0. The molecule has 30 heavy (non-hydrogen) atoms. The van der Waals surface area contributed by atoms with E-state index in [4.69, 9.17) is 29.5 Å². The molecule has 2 rings (SSSR count). The fourth-order valence-electron chi connectivity index (χ4n) is 2.54. The van der Waals surface area contributed by atoms with Crippen LogP contribution in [0.25, 0.3) is 0 Å². The Labute approximate surface area is 177 Å². The second-order valence-electron chi connectivity index (χ2n) is 7.84. The van der Waals surface area contributed by atoms with E-state index in [0.717, 1.165) is 39.3 Å². The van der Waals surface area contributed by atoms with Gasteiger partial charge in [-0.15, -0.1) is 0 Å². The Morgan fingerprint density at radius 2 is 1.50 bits per heavy atom. The summed E-state index contributed by atoms with van der Waals surface area (Å²) in [4.78, 5) is 34.4. The average Bonchev–Trinajstić information content (AvgIpc) is 3.10. The molecule has 0 aliphatic carbocycles. The summed E-state index contributed by atoms with van der Waals surface area (Å²) in [6.45, 7) is 8.87. The molecule has 0 bridgehead atoms. The molecule has 176 valence electrons. The van der Waals surface area contributed by atoms with Crippen molar-refractivity contribution in [1.82, 2.24) is 9.80 Å². The minimum Gasteiger partial charge on any atom is -0.480 e. The number of aliphatic hydroxyl groups is 1. The van der Waals surface area contributed by atoms with Gasteiger partial charge in [-0.05, 0) is 40.7 Å². The van der Waals surface area contributed by atoms with Gasteiger partial charge in [0.1, 0.15) is 5.60 Å². The fourth-order valence-corrected chi connectivity index (χ4v) is 2.54. The lowest BCUT2D eigenvalue weighted by Gasteiger charge is -2.27. The minimum absolute atomic E-state index is 0.0270. The van der Waals surface area contributed by atoms with Gasteiger partial charge in [0.2, 0.25) is 0 Å². The highest BCUT2D eigenvalue weighted by molar-refractivity contribution is 5.72. The summed E-state index contributed by atoms with van der Waals surface area (Å²) >= 11 is 0. The predicted octanol–water partition coefficient (Wildman–Crippen LogP) is 0.499. The molecule has 0 aromatic heterocycles. The van der Waals surface area contributed by atoms with E-state index in [1.807, 2.05) is 20.8 Å². The molecule has 0 radical (unpaired) electrons. The lowest BCUT2D eigenvalue weighted by molar-refractivity contribution is -0.141. The molecule has 11 heteroatoms. The number of hydrogen-bond donors (Lipinski definition) is 3. The standard InChI is InChI=1S/C10H19NO3.C5H9NO4.C4H8O2/c1-10(2,3)14-9(13)11-6-4-5-8(11)7-12;1-6(2-4(7)8)3-5(9)10;1-2-6-4-3-5-1/h8,12H,4-7H2,1-3H3;2-3H2,1H3,(H,7,8)(H,9,10);1-4H2/t8-;;/m0../s1. The number of carbonyl (C=O) groups is 3. The van der Waals surface area contributed by atoms with Crippen LogP contribution in [-0.2, 0) is 23.8 Å². The van der Waals surface area contributed by atoms with Crippen molar-refractivity contribution in [3.05, 3.63) is 0 Å². The molecular weight excluding hydrogens is 400 g/mol. The van der Waals surface area contributed by atoms with Crippen molar-refractivity contribution >= 4 is 18.0 Å². The quantitative estimate of drug-likeness (QED) is 0.557. The SMILES string of the molecule is C1COCCO1.CC(C)(C)OC(=O)N1CCC[C@H]1CO.CN(CC(=O)O)CC(=O)O. The highest BCUT2D eigenvalue weighted by atomic mass is 16.6. The second kappa shape index (κ2) is 14.9. The summed E-state index contributed by atoms with van der Waals surface area (Å²) in [6.07, 6.45) is 1.51. The van der Waals surface area contributed by atoms with Crippen LogP contribution in [0.15, 0.2) is 0 Å². The van der Waals surface area contributed by atoms with Crippen LogP contribution < -0.4 is 0 Å². The number of aliphatic carboxylic acids is 2. The molecule has 11 nitrogen and oxygen atoms in total. The molecule has 0 unspecified atom stereocenters. The number of nitrogens with zero attached hydrogens (tertiary/aromatic N) is 2. The van der Waals surface area contributed by atoms with E-state index in [1.165, 1.54) is 11.9 Å². The van der Waals surface area contributed by atoms with Crippen LogP contribution in [0.1, 0.15) is 33.6 Å². The number of amides is 1. The summed E-state index contributed by atoms with van der Waals surface area (Å²) in [5.41, 5.74) is -0.459. The van der Waals surface area contributed by atoms with Crippen LogP contribution >= 0.6 is 0 Å². The largest absolute Gasteiger partial charge is 0.480 e. The van der Waals surface area contributed by atoms with Crippen molar-refractivity contribution in [2.75, 3.05) is 59.7 Å². The van der Waals surface area contributed by atoms with Crippen LogP contribution in [0.5, 0.6) is 0 Å². The van der Waals surface area contributed by atoms with Crippen LogP contribution in [0.2, 0.25) is 0 Å². The summed E-state index contributed by atoms with van der Waals surface area (Å²) < 4.78 is 15.1. The molecule has 3 N–H and O–H groups in total. The van der Waals surface area contributed by atoms with Crippen LogP contribution in [0.4, 0.5) is 4.79 Å². The third-order valence-corrected chi connectivity index (χ3v) is 3.77. The molecular formula is C19H36N2O9. The maximum absolute atomic E-state index is 11.6. The number of aliphatic hydroxyl groups excluding tert-OH is 1. The molecule has 2 saturated heterocycles. The Kier molecular flexibility index (Phi) is 14.0. The molecule has 2 heterocycles. The van der Waals surface area contributed by atoms with E-state index in [2.05, 4.69) is 0 Å². The number of carboxylic acids is 2. The Hall–Kier alpha value is -1.95. The zero-order valence-electron chi connectivity index (χ0n) is 18.3. The molecule has 0 aromatic rings. The van der Waals surface area contributed by atoms with E-state index in [0.29, 0.717) is 6.54 Å². The smallest absolute Gasteiger partial charge is 0.410 e. The van der Waals surface area contributed by atoms with Gasteiger partial charge in [0.25, 0.3) is 0 Å². The van der Waals surface area contributed by atoms with Crippen molar-refractivity contribution in [2.45, 2.75) is 45.3 Å². The fraction of sp³-hybridized carbons (Fsp3) is 0.842. The van der Waals surface area contributed by atoms with Crippen molar-refractivity contribution < 1.29 is 43.9 Å². The maximum atomic E-state index is 11.6. The lowest BCUT2D eigenvalue weighted by Crippen LogP contribution is -2.41. The molecule has 2 aliphatic rings. The molecule has 2 fully saturated rings. The van der Waals surface area contributed by atoms with Crippen LogP contribution in [0, 0.1) is 0 Å². The van der Waals surface area contributed by atoms with E-state index in [1.54, 1.807) is 4.90 Å². The van der Waals surface area contributed by atoms with Crippen LogP contribution in [0.3, 0.4) is 0 Å². The van der Waals surface area contributed by atoms with E-state index < -0.39 is 17.5 Å².